The lowest BCUT2D eigenvalue weighted by Crippen LogP contribution is -2.17. The smallest absolute Gasteiger partial charge is 0.406 e. The van der Waals surface area contributed by atoms with E-state index < -0.39 is 43.7 Å². The van der Waals surface area contributed by atoms with E-state index in [0.717, 1.165) is 24.3 Å². The molecule has 0 aliphatic rings. The number of nitro groups is 1. The molecular formula is C15H14F3N3O5S. The first kappa shape index (κ1) is 20.5. The molecular weight excluding hydrogens is 391 g/mol. The number of benzene rings is 2. The van der Waals surface area contributed by atoms with Gasteiger partial charge in [-0.05, 0) is 36.8 Å². The van der Waals surface area contributed by atoms with Gasteiger partial charge in [0.25, 0.3) is 5.69 Å². The molecule has 3 N–H and O–H groups in total. The topological polar surface area (TPSA) is 125 Å². The summed E-state index contributed by atoms with van der Waals surface area (Å²) in [4.78, 5) is 10.0. The third-order valence-corrected chi connectivity index (χ3v) is 4.39. The minimum atomic E-state index is -4.81. The highest BCUT2D eigenvalue weighted by molar-refractivity contribution is 7.89. The van der Waals surface area contributed by atoms with Crippen LogP contribution in [0.1, 0.15) is 18.5 Å². The van der Waals surface area contributed by atoms with E-state index in [1.807, 2.05) is 0 Å². The molecule has 0 amide bonds. The van der Waals surface area contributed by atoms with Gasteiger partial charge in [0, 0.05) is 12.1 Å². The van der Waals surface area contributed by atoms with Crippen LogP contribution in [0.4, 0.5) is 24.5 Å². The Bertz CT molecular complexity index is 946. The van der Waals surface area contributed by atoms with Gasteiger partial charge >= 0.3 is 6.36 Å². The summed E-state index contributed by atoms with van der Waals surface area (Å²) in [5.74, 6) is -0.401. The van der Waals surface area contributed by atoms with Crippen LogP contribution in [0.2, 0.25) is 0 Å². The standard InChI is InChI=1S/C15H14F3N3O5S/c1-9(10-2-4-11(5-3-10)26-15(16,17)18)20-13-7-6-12(27(19,24)25)8-14(13)21(22)23/h2-9,20H,1H3,(H2,19,24,25)/t9-/m0/s1. The number of ether oxygens (including phenoxy) is 1. The fourth-order valence-corrected chi connectivity index (χ4v) is 2.77. The van der Waals surface area contributed by atoms with Gasteiger partial charge < -0.3 is 10.1 Å². The van der Waals surface area contributed by atoms with E-state index in [9.17, 15) is 31.7 Å². The van der Waals surface area contributed by atoms with Crippen molar-refractivity contribution in [1.82, 2.24) is 0 Å². The molecule has 0 heterocycles. The number of nitrogens with one attached hydrogen (secondary N) is 1. The number of nitrogens with two attached hydrogens (primary N) is 1. The first-order valence-electron chi connectivity index (χ1n) is 7.30. The lowest BCUT2D eigenvalue weighted by molar-refractivity contribution is -0.384. The lowest BCUT2D eigenvalue weighted by atomic mass is 10.1. The molecule has 0 bridgehead atoms. The maximum atomic E-state index is 12.2. The summed E-state index contributed by atoms with van der Waals surface area (Å²) < 4.78 is 63.0. The third kappa shape index (κ3) is 5.56. The number of anilines is 1. The highest BCUT2D eigenvalue weighted by Gasteiger charge is 2.31. The highest BCUT2D eigenvalue weighted by atomic mass is 32.2. The highest BCUT2D eigenvalue weighted by Crippen LogP contribution is 2.31. The van der Waals surface area contributed by atoms with Gasteiger partial charge in [0.05, 0.1) is 9.82 Å². The number of rotatable bonds is 6. The molecule has 146 valence electrons. The normalized spacial score (nSPS) is 13.1. The van der Waals surface area contributed by atoms with E-state index in [1.54, 1.807) is 6.92 Å². The summed E-state index contributed by atoms with van der Waals surface area (Å²) in [6, 6.07) is 7.53. The fourth-order valence-electron chi connectivity index (χ4n) is 2.24. The second-order valence-corrected chi connectivity index (χ2v) is 7.03. The van der Waals surface area contributed by atoms with Gasteiger partial charge in [-0.3, -0.25) is 10.1 Å². The Balaban J connectivity index is 2.24. The fraction of sp³-hybridized carbons (Fsp3) is 0.200. The van der Waals surface area contributed by atoms with Crippen molar-refractivity contribution in [2.24, 2.45) is 5.14 Å². The van der Waals surface area contributed by atoms with Crippen molar-refractivity contribution in [2.45, 2.75) is 24.2 Å². The maximum Gasteiger partial charge on any atom is 0.573 e. The van der Waals surface area contributed by atoms with Crippen LogP contribution in [0.5, 0.6) is 5.75 Å². The molecule has 0 aromatic heterocycles. The Morgan fingerprint density at radius 3 is 2.26 bits per heavy atom. The number of halogens is 3. The quantitative estimate of drug-likeness (QED) is 0.561. The second-order valence-electron chi connectivity index (χ2n) is 5.46. The first-order valence-corrected chi connectivity index (χ1v) is 8.85. The molecule has 12 heteroatoms. The molecule has 0 radical (unpaired) electrons. The number of alkyl halides is 3. The number of nitro benzene ring substituents is 1. The summed E-state index contributed by atoms with van der Waals surface area (Å²) in [6.45, 7) is 1.62. The van der Waals surface area contributed by atoms with Gasteiger partial charge in [-0.2, -0.15) is 0 Å². The van der Waals surface area contributed by atoms with Crippen molar-refractivity contribution >= 4 is 21.4 Å². The van der Waals surface area contributed by atoms with E-state index >= 15 is 0 Å². The van der Waals surface area contributed by atoms with Gasteiger partial charge in [-0.15, -0.1) is 13.2 Å². The zero-order chi connectivity index (χ0) is 20.4. The Hall–Kier alpha value is -2.86. The Morgan fingerprint density at radius 2 is 1.78 bits per heavy atom. The molecule has 0 aliphatic carbocycles. The van der Waals surface area contributed by atoms with Crippen LogP contribution in [-0.4, -0.2) is 19.7 Å². The van der Waals surface area contributed by atoms with E-state index in [2.05, 4.69) is 10.1 Å². The molecule has 0 saturated carbocycles. The van der Waals surface area contributed by atoms with Crippen molar-refractivity contribution in [3.63, 3.8) is 0 Å². The maximum absolute atomic E-state index is 12.2. The average molecular weight is 405 g/mol. The van der Waals surface area contributed by atoms with Crippen molar-refractivity contribution in [1.29, 1.82) is 0 Å². The van der Waals surface area contributed by atoms with E-state index in [4.69, 9.17) is 5.14 Å². The Kier molecular flexibility index (Phi) is 5.61. The molecule has 2 aromatic rings. The van der Waals surface area contributed by atoms with Crippen molar-refractivity contribution in [3.8, 4) is 5.75 Å². The largest absolute Gasteiger partial charge is 0.573 e. The zero-order valence-electron chi connectivity index (χ0n) is 13.7. The van der Waals surface area contributed by atoms with Crippen LogP contribution in [0.15, 0.2) is 47.4 Å². The molecule has 2 aromatic carbocycles. The van der Waals surface area contributed by atoms with Crippen molar-refractivity contribution in [2.75, 3.05) is 5.32 Å². The first-order chi connectivity index (χ1) is 12.4. The van der Waals surface area contributed by atoms with Gasteiger partial charge in [0.1, 0.15) is 11.4 Å². The van der Waals surface area contributed by atoms with Crippen molar-refractivity contribution < 1.29 is 31.2 Å². The number of hydrogen-bond donors (Lipinski definition) is 2. The molecule has 0 spiro atoms. The molecule has 0 unspecified atom stereocenters. The average Bonchev–Trinajstić information content (AvgIpc) is 2.53. The predicted molar refractivity (Wildman–Crippen MR) is 89.6 cm³/mol. The van der Waals surface area contributed by atoms with Crippen LogP contribution in [0.25, 0.3) is 0 Å². The Morgan fingerprint density at radius 1 is 1.19 bits per heavy atom. The van der Waals surface area contributed by atoms with Gasteiger partial charge in [0.15, 0.2) is 0 Å². The molecule has 1 atom stereocenters. The summed E-state index contributed by atoms with van der Waals surface area (Å²) in [5.41, 5.74) is 0.0373. The van der Waals surface area contributed by atoms with Crippen LogP contribution >= 0.6 is 0 Å². The Labute approximate surface area is 151 Å². The zero-order valence-corrected chi connectivity index (χ0v) is 14.5. The molecule has 0 aliphatic heterocycles. The van der Waals surface area contributed by atoms with E-state index in [-0.39, 0.29) is 5.69 Å². The van der Waals surface area contributed by atoms with Crippen molar-refractivity contribution in [3.05, 3.63) is 58.1 Å². The monoisotopic (exact) mass is 405 g/mol. The number of sulfonamides is 1. The van der Waals surface area contributed by atoms with Gasteiger partial charge in [0.2, 0.25) is 10.0 Å². The molecule has 2 rings (SSSR count). The molecule has 0 saturated heterocycles. The molecule has 27 heavy (non-hydrogen) atoms. The summed E-state index contributed by atoms with van der Waals surface area (Å²) in [7, 11) is -4.11. The van der Waals surface area contributed by atoms with E-state index in [1.165, 1.54) is 18.2 Å². The summed E-state index contributed by atoms with van der Waals surface area (Å²) >= 11 is 0. The number of hydrogen-bond acceptors (Lipinski definition) is 6. The van der Waals surface area contributed by atoms with Crippen LogP contribution in [0, 0.1) is 10.1 Å². The summed E-state index contributed by atoms with van der Waals surface area (Å²) in [5, 5.41) is 19.0. The molecule has 0 fully saturated rings. The minimum Gasteiger partial charge on any atom is -0.406 e. The number of primary sulfonamides is 1. The molecule has 8 nitrogen and oxygen atoms in total. The van der Waals surface area contributed by atoms with Crippen LogP contribution in [-0.2, 0) is 10.0 Å². The third-order valence-electron chi connectivity index (χ3n) is 3.48. The SMILES string of the molecule is C[C@H](Nc1ccc(S(N)(=O)=O)cc1[N+](=O)[O-])c1ccc(OC(F)(F)F)cc1. The second kappa shape index (κ2) is 7.40. The van der Waals surface area contributed by atoms with Crippen LogP contribution in [0.3, 0.4) is 0 Å². The van der Waals surface area contributed by atoms with Gasteiger partial charge in [-0.25, -0.2) is 13.6 Å². The van der Waals surface area contributed by atoms with E-state index in [0.29, 0.717) is 5.56 Å². The van der Waals surface area contributed by atoms with Gasteiger partial charge in [-0.1, -0.05) is 12.1 Å². The lowest BCUT2D eigenvalue weighted by Gasteiger charge is -2.17. The minimum absolute atomic E-state index is 0.0236. The summed E-state index contributed by atoms with van der Waals surface area (Å²) in [6.07, 6.45) is -4.81. The van der Waals surface area contributed by atoms with Crippen LogP contribution < -0.4 is 15.2 Å². The predicted octanol–water partition coefficient (Wildman–Crippen LogP) is 3.31. The number of nitrogens with zero attached hydrogens (tertiary/aromatic N) is 1.